The van der Waals surface area contributed by atoms with Crippen LogP contribution in [0.2, 0.25) is 0 Å². The highest BCUT2D eigenvalue weighted by Crippen LogP contribution is 2.46. The molecule has 3 N–H and O–H groups in total. The first kappa shape index (κ1) is 23.8. The number of piperidine rings is 1. The number of aliphatic imine (C=N–C) groups is 1. The molecule has 178 valence electrons. The van der Waals surface area contributed by atoms with Gasteiger partial charge in [0.15, 0.2) is 0 Å². The summed E-state index contributed by atoms with van der Waals surface area (Å²) in [5.41, 5.74) is 1.91. The van der Waals surface area contributed by atoms with Crippen molar-refractivity contribution >= 4 is 23.3 Å². The number of thiophene rings is 1. The lowest BCUT2D eigenvalue weighted by atomic mass is 9.79. The van der Waals surface area contributed by atoms with E-state index in [1.54, 1.807) is 6.21 Å². The molecule has 1 aromatic rings. The van der Waals surface area contributed by atoms with Gasteiger partial charge in [-0.3, -0.25) is 9.89 Å². The van der Waals surface area contributed by atoms with E-state index in [0.717, 1.165) is 57.4 Å². The molecule has 2 saturated heterocycles. The van der Waals surface area contributed by atoms with E-state index in [-0.39, 0.29) is 17.6 Å². The zero-order valence-electron chi connectivity index (χ0n) is 19.5. The van der Waals surface area contributed by atoms with Gasteiger partial charge >= 0.3 is 0 Å². The molecule has 0 radical (unpaired) electrons. The maximum Gasteiger partial charge on any atom is 0.0969 e. The maximum absolute atomic E-state index is 9.86. The molecule has 4 heterocycles. The van der Waals surface area contributed by atoms with Crippen LogP contribution < -0.4 is 5.84 Å². The van der Waals surface area contributed by atoms with E-state index in [4.69, 9.17) is 15.3 Å². The number of aliphatic hydroxyl groups is 1. The molecular formula is C24H38N4O3S. The molecule has 1 aromatic heterocycles. The fourth-order valence-corrected chi connectivity index (χ4v) is 6.53. The summed E-state index contributed by atoms with van der Waals surface area (Å²) in [7, 11) is 0. The molecule has 0 aliphatic carbocycles. The third-order valence-corrected chi connectivity index (χ3v) is 8.88. The van der Waals surface area contributed by atoms with Gasteiger partial charge in [0.2, 0.25) is 0 Å². The van der Waals surface area contributed by atoms with Crippen molar-refractivity contribution in [1.82, 2.24) is 4.90 Å². The van der Waals surface area contributed by atoms with Crippen LogP contribution >= 0.6 is 11.3 Å². The van der Waals surface area contributed by atoms with Gasteiger partial charge in [-0.05, 0) is 50.7 Å². The topological polar surface area (TPSA) is 92.7 Å². The lowest BCUT2D eigenvalue weighted by molar-refractivity contribution is -0.108. The second-order valence-corrected chi connectivity index (χ2v) is 10.9. The van der Waals surface area contributed by atoms with Crippen LogP contribution in [0, 0.1) is 5.41 Å². The van der Waals surface area contributed by atoms with Crippen LogP contribution in [0.25, 0.3) is 0 Å². The fraction of sp³-hybridized carbons (Fsp3) is 0.750. The number of aliphatic hydroxyl groups excluding tert-OH is 1. The molecule has 2 fully saturated rings. The maximum atomic E-state index is 9.86. The van der Waals surface area contributed by atoms with Gasteiger partial charge in [-0.25, -0.2) is 0 Å². The summed E-state index contributed by atoms with van der Waals surface area (Å²) < 4.78 is 11.9. The van der Waals surface area contributed by atoms with E-state index < -0.39 is 0 Å². The number of ether oxygens (including phenoxy) is 2. The van der Waals surface area contributed by atoms with Crippen molar-refractivity contribution in [2.45, 2.75) is 64.0 Å². The molecular weight excluding hydrogens is 424 g/mol. The average molecular weight is 463 g/mol. The van der Waals surface area contributed by atoms with Crippen molar-refractivity contribution < 1.29 is 14.6 Å². The molecule has 32 heavy (non-hydrogen) atoms. The lowest BCUT2D eigenvalue weighted by Gasteiger charge is -2.47. The van der Waals surface area contributed by atoms with Gasteiger partial charge in [-0.15, -0.1) is 11.3 Å². The molecule has 8 heteroatoms. The molecule has 0 aromatic carbocycles. The van der Waals surface area contributed by atoms with Crippen LogP contribution in [0.3, 0.4) is 0 Å². The first-order valence-corrected chi connectivity index (χ1v) is 12.8. The van der Waals surface area contributed by atoms with Crippen molar-refractivity contribution in [2.24, 2.45) is 21.4 Å². The number of hydrogen-bond donors (Lipinski definition) is 2. The highest BCUT2D eigenvalue weighted by molar-refractivity contribution is 7.12. The summed E-state index contributed by atoms with van der Waals surface area (Å²) in [5, 5.41) is 13.9. The van der Waals surface area contributed by atoms with E-state index in [0.29, 0.717) is 32.3 Å². The van der Waals surface area contributed by atoms with Crippen molar-refractivity contribution in [1.29, 1.82) is 0 Å². The number of likely N-dealkylation sites (tertiary alicyclic amines) is 1. The summed E-state index contributed by atoms with van der Waals surface area (Å²) >= 11 is 1.97. The van der Waals surface area contributed by atoms with E-state index in [1.165, 1.54) is 15.3 Å². The Morgan fingerprint density at radius 3 is 2.84 bits per heavy atom. The average Bonchev–Trinajstić information content (AvgIpc) is 3.26. The second kappa shape index (κ2) is 10.3. The number of nitrogens with two attached hydrogens (primary N) is 1. The molecule has 1 spiro atoms. The predicted octanol–water partition coefficient (Wildman–Crippen LogP) is 2.74. The Morgan fingerprint density at radius 2 is 2.16 bits per heavy atom. The smallest absolute Gasteiger partial charge is 0.0969 e. The SMILES string of the molecule is CCc1cc2c(s1)CCO[C@@]21CCN(C/C(C=NCC2(CO)CCOCC2)=N/N)[C@@H](C)C1. The van der Waals surface area contributed by atoms with Gasteiger partial charge in [-0.2, -0.15) is 5.10 Å². The number of hydrazone groups is 1. The summed E-state index contributed by atoms with van der Waals surface area (Å²) in [5.74, 6) is 5.72. The largest absolute Gasteiger partial charge is 0.396 e. The first-order chi connectivity index (χ1) is 15.5. The lowest BCUT2D eigenvalue weighted by Crippen LogP contribution is -2.51. The number of fused-ring (bicyclic) bond motifs is 2. The highest BCUT2D eigenvalue weighted by atomic mass is 32.1. The Labute approximate surface area is 195 Å². The third kappa shape index (κ3) is 4.94. The predicted molar refractivity (Wildman–Crippen MR) is 130 cm³/mol. The van der Waals surface area contributed by atoms with E-state index in [9.17, 15) is 5.11 Å². The molecule has 0 unspecified atom stereocenters. The number of hydrogen-bond acceptors (Lipinski definition) is 8. The van der Waals surface area contributed by atoms with Crippen molar-refractivity contribution in [2.75, 3.05) is 46.1 Å². The highest BCUT2D eigenvalue weighted by Gasteiger charge is 2.44. The van der Waals surface area contributed by atoms with Crippen LogP contribution in [0.1, 0.15) is 54.8 Å². The van der Waals surface area contributed by atoms with Crippen LogP contribution in [-0.4, -0.2) is 74.0 Å². The van der Waals surface area contributed by atoms with Gasteiger partial charge in [0.05, 0.1) is 24.5 Å². The Balaban J connectivity index is 1.37. The summed E-state index contributed by atoms with van der Waals surface area (Å²) in [6.07, 6.45) is 7.59. The zero-order valence-corrected chi connectivity index (χ0v) is 20.3. The van der Waals surface area contributed by atoms with Crippen molar-refractivity contribution in [3.8, 4) is 0 Å². The van der Waals surface area contributed by atoms with Gasteiger partial charge in [0.1, 0.15) is 0 Å². The van der Waals surface area contributed by atoms with Crippen molar-refractivity contribution in [3.05, 3.63) is 21.4 Å². The van der Waals surface area contributed by atoms with E-state index in [2.05, 4.69) is 34.9 Å². The standard InChI is InChI=1S/C24H38N4O3S/c1-3-20-12-21-22(32-20)4-9-31-24(21)5-8-28(18(2)13-24)15-19(27-25)14-26-16-23(17-29)6-10-30-11-7-23/h12,14,18,29H,3-11,13,15-17,25H2,1-2H3/b26-14?,27-19+/t18-,24+/m0/s1. The molecule has 3 aliphatic rings. The van der Waals surface area contributed by atoms with Crippen LogP contribution in [0.15, 0.2) is 16.2 Å². The van der Waals surface area contributed by atoms with Crippen LogP contribution in [-0.2, 0) is 27.9 Å². The Bertz CT molecular complexity index is 833. The summed E-state index contributed by atoms with van der Waals surface area (Å²) in [6.45, 7) is 9.06. The quantitative estimate of drug-likeness (QED) is 0.369. The van der Waals surface area contributed by atoms with Crippen molar-refractivity contribution in [3.63, 3.8) is 0 Å². The Kier molecular flexibility index (Phi) is 7.67. The molecule has 7 nitrogen and oxygen atoms in total. The minimum atomic E-state index is -0.173. The number of rotatable bonds is 7. The van der Waals surface area contributed by atoms with Crippen LogP contribution in [0.4, 0.5) is 0 Å². The normalized spacial score (nSPS) is 29.0. The zero-order chi connectivity index (χ0) is 22.6. The number of aryl methyl sites for hydroxylation is 1. The minimum absolute atomic E-state index is 0.137. The molecule has 0 amide bonds. The number of nitrogens with zero attached hydrogens (tertiary/aromatic N) is 3. The monoisotopic (exact) mass is 462 g/mol. The molecule has 2 atom stereocenters. The first-order valence-electron chi connectivity index (χ1n) is 12.0. The molecule has 3 aliphatic heterocycles. The third-order valence-electron chi connectivity index (χ3n) is 7.54. The summed E-state index contributed by atoms with van der Waals surface area (Å²) in [4.78, 5) is 10.0. The minimum Gasteiger partial charge on any atom is -0.396 e. The van der Waals surface area contributed by atoms with Gasteiger partial charge < -0.3 is 20.4 Å². The summed E-state index contributed by atoms with van der Waals surface area (Å²) in [6, 6.07) is 2.76. The Hall–Kier alpha value is -1.32. The molecule has 0 saturated carbocycles. The second-order valence-electron chi connectivity index (χ2n) is 9.63. The Morgan fingerprint density at radius 1 is 1.34 bits per heavy atom. The van der Waals surface area contributed by atoms with Crippen LogP contribution in [0.5, 0.6) is 0 Å². The van der Waals surface area contributed by atoms with Gasteiger partial charge in [0, 0.05) is 66.7 Å². The fourth-order valence-electron chi connectivity index (χ4n) is 5.35. The molecule has 0 bridgehead atoms. The molecule has 4 rings (SSSR count). The van der Waals surface area contributed by atoms with E-state index >= 15 is 0 Å². The van der Waals surface area contributed by atoms with E-state index in [1.807, 2.05) is 11.3 Å². The van der Waals surface area contributed by atoms with Gasteiger partial charge in [0.25, 0.3) is 0 Å². The van der Waals surface area contributed by atoms with Gasteiger partial charge in [-0.1, -0.05) is 6.92 Å².